The van der Waals surface area contributed by atoms with E-state index in [0.717, 1.165) is 89.9 Å². The molecule has 0 atom stereocenters. The van der Waals surface area contributed by atoms with E-state index in [1.165, 1.54) is 21.8 Å². The zero-order valence-corrected chi connectivity index (χ0v) is 36.3. The quantitative estimate of drug-likeness (QED) is 0.145. The van der Waals surface area contributed by atoms with Crippen molar-refractivity contribution in [1.29, 1.82) is 0 Å². The van der Waals surface area contributed by atoms with Gasteiger partial charge in [-0.25, -0.2) is 15.0 Å². The zero-order valence-electron chi connectivity index (χ0n) is 36.3. The monoisotopic (exact) mass is 856 g/mol. The largest absolute Gasteiger partial charge is 0.309 e. The van der Waals surface area contributed by atoms with Gasteiger partial charge in [-0.1, -0.05) is 170 Å². The van der Waals surface area contributed by atoms with Gasteiger partial charge >= 0.3 is 0 Å². The maximum Gasteiger partial charge on any atom is 0.160 e. The number of benzene rings is 7. The van der Waals surface area contributed by atoms with Crippen LogP contribution in [0.5, 0.6) is 0 Å². The van der Waals surface area contributed by atoms with Gasteiger partial charge in [0.1, 0.15) is 0 Å². The summed E-state index contributed by atoms with van der Waals surface area (Å²) < 4.78 is 2.34. The fourth-order valence-corrected chi connectivity index (χ4v) is 8.95. The minimum Gasteiger partial charge on any atom is -0.309 e. The van der Waals surface area contributed by atoms with E-state index in [2.05, 4.69) is 185 Å². The van der Waals surface area contributed by atoms with Crippen molar-refractivity contribution in [2.45, 2.75) is 0 Å². The molecule has 67 heavy (non-hydrogen) atoms. The molecule has 0 saturated heterocycles. The van der Waals surface area contributed by atoms with Gasteiger partial charge in [-0.2, -0.15) is 0 Å². The number of pyridine rings is 3. The van der Waals surface area contributed by atoms with Crippen molar-refractivity contribution >= 4 is 21.8 Å². The van der Waals surface area contributed by atoms with Crippen LogP contribution in [0.1, 0.15) is 0 Å². The Balaban J connectivity index is 0.812. The predicted octanol–water partition coefficient (Wildman–Crippen LogP) is 15.1. The van der Waals surface area contributed by atoms with Crippen LogP contribution >= 0.6 is 0 Å². The molecule has 6 heteroatoms. The fourth-order valence-electron chi connectivity index (χ4n) is 8.95. The number of hydrogen-bond donors (Lipinski definition) is 0. The Morgan fingerprint density at radius 3 is 1.27 bits per heavy atom. The smallest absolute Gasteiger partial charge is 0.160 e. The summed E-state index contributed by atoms with van der Waals surface area (Å²) in [5.41, 5.74) is 18.0. The minimum absolute atomic E-state index is 0.693. The fraction of sp³-hybridized carbons (Fsp3) is 0. The van der Waals surface area contributed by atoms with Gasteiger partial charge in [0, 0.05) is 51.1 Å². The third-order valence-corrected chi connectivity index (χ3v) is 12.4. The van der Waals surface area contributed by atoms with E-state index in [9.17, 15) is 0 Å². The lowest BCUT2D eigenvalue weighted by molar-refractivity contribution is 1.18. The van der Waals surface area contributed by atoms with E-state index in [1.807, 2.05) is 60.8 Å². The maximum atomic E-state index is 5.10. The SMILES string of the molecule is c1ccc(-c2cc(-c3ccccc3)nc(-c3ccc(-c4ccc(-c5ccc(-c6cc(-c7ccc(-n8c9ccccc9c9ccccc98)cc7)cc(-c7ccccn7)n6)nc5)cc4)cc3)n2)cc1. The Morgan fingerprint density at radius 1 is 0.269 bits per heavy atom. The average molecular weight is 857 g/mol. The first kappa shape index (κ1) is 39.5. The molecule has 0 saturated carbocycles. The molecule has 0 unspecified atom stereocenters. The molecule has 7 aromatic carbocycles. The third-order valence-electron chi connectivity index (χ3n) is 12.4. The van der Waals surface area contributed by atoms with Gasteiger partial charge in [-0.15, -0.1) is 0 Å². The number of para-hydroxylation sites is 2. The minimum atomic E-state index is 0.693. The van der Waals surface area contributed by atoms with Crippen molar-refractivity contribution < 1.29 is 0 Å². The number of rotatable bonds is 9. The van der Waals surface area contributed by atoms with Crippen molar-refractivity contribution in [2.75, 3.05) is 0 Å². The Hall–Kier alpha value is -9.13. The number of aromatic nitrogens is 6. The number of hydrogen-bond acceptors (Lipinski definition) is 5. The summed E-state index contributed by atoms with van der Waals surface area (Å²) in [4.78, 5) is 24.8. The van der Waals surface area contributed by atoms with Gasteiger partial charge in [0.15, 0.2) is 5.82 Å². The lowest BCUT2D eigenvalue weighted by Gasteiger charge is -2.12. The summed E-state index contributed by atoms with van der Waals surface area (Å²) in [5.74, 6) is 0.693. The lowest BCUT2D eigenvalue weighted by atomic mass is 9.99. The normalized spacial score (nSPS) is 11.3. The van der Waals surface area contributed by atoms with E-state index in [4.69, 9.17) is 19.9 Å². The van der Waals surface area contributed by atoms with Crippen molar-refractivity contribution in [2.24, 2.45) is 0 Å². The van der Waals surface area contributed by atoms with Crippen molar-refractivity contribution in [3.8, 4) is 95.7 Å². The second-order valence-corrected chi connectivity index (χ2v) is 16.5. The molecule has 314 valence electrons. The Morgan fingerprint density at radius 2 is 0.731 bits per heavy atom. The number of nitrogens with zero attached hydrogens (tertiary/aromatic N) is 6. The van der Waals surface area contributed by atoms with E-state index < -0.39 is 0 Å². The van der Waals surface area contributed by atoms with Crippen LogP contribution in [0.4, 0.5) is 0 Å². The van der Waals surface area contributed by atoms with Crippen molar-refractivity contribution in [3.63, 3.8) is 0 Å². The maximum absolute atomic E-state index is 5.10. The summed E-state index contributed by atoms with van der Waals surface area (Å²) >= 11 is 0. The van der Waals surface area contributed by atoms with Crippen LogP contribution in [0, 0.1) is 0 Å². The molecule has 0 fully saturated rings. The molecule has 5 heterocycles. The highest BCUT2D eigenvalue weighted by Crippen LogP contribution is 2.35. The molecule has 0 N–H and O–H groups in total. The van der Waals surface area contributed by atoms with Crippen LogP contribution in [0.3, 0.4) is 0 Å². The summed E-state index contributed by atoms with van der Waals surface area (Å²) in [6, 6.07) is 80.0. The average Bonchev–Trinajstić information content (AvgIpc) is 3.76. The molecule has 12 aromatic rings. The Labute approximate surface area is 388 Å². The van der Waals surface area contributed by atoms with Crippen molar-refractivity contribution in [3.05, 3.63) is 243 Å². The van der Waals surface area contributed by atoms with Crippen LogP contribution < -0.4 is 0 Å². The topological polar surface area (TPSA) is 69.4 Å². The standard InChI is InChI=1S/C61H40N6/c1-3-13-45(14-4-1)55-39-56(46-15-5-2-6-16-46)66-61(65-55)47-28-26-42(27-29-47)41-22-24-43(25-23-41)48-32-35-54(63-40-48)58-38-49(37-57(64-58)53-19-11-12-36-62-53)44-30-33-50(34-31-44)67-59-20-9-7-17-51(59)52-18-8-10-21-60(52)67/h1-40H. The highest BCUT2D eigenvalue weighted by Gasteiger charge is 2.15. The Kier molecular flexibility index (Phi) is 10.1. The molecule has 5 aromatic heterocycles. The molecule has 0 radical (unpaired) electrons. The van der Waals surface area contributed by atoms with Gasteiger partial charge < -0.3 is 4.57 Å². The van der Waals surface area contributed by atoms with Gasteiger partial charge in [-0.05, 0) is 88.5 Å². The molecule has 12 rings (SSSR count). The lowest BCUT2D eigenvalue weighted by Crippen LogP contribution is -1.96. The molecular weight excluding hydrogens is 817 g/mol. The van der Waals surface area contributed by atoms with Gasteiger partial charge in [-0.3, -0.25) is 9.97 Å². The summed E-state index contributed by atoms with van der Waals surface area (Å²) in [6.07, 6.45) is 3.74. The molecule has 0 aliphatic heterocycles. The van der Waals surface area contributed by atoms with Crippen LogP contribution in [0.15, 0.2) is 243 Å². The van der Waals surface area contributed by atoms with E-state index in [1.54, 1.807) is 6.20 Å². The highest BCUT2D eigenvalue weighted by atomic mass is 15.0. The number of fused-ring (bicyclic) bond motifs is 3. The van der Waals surface area contributed by atoms with Crippen molar-refractivity contribution in [1.82, 2.24) is 29.5 Å². The van der Waals surface area contributed by atoms with E-state index in [0.29, 0.717) is 5.82 Å². The second-order valence-electron chi connectivity index (χ2n) is 16.5. The zero-order chi connectivity index (χ0) is 44.5. The molecule has 0 spiro atoms. The first-order valence-electron chi connectivity index (χ1n) is 22.4. The summed E-state index contributed by atoms with van der Waals surface area (Å²) in [6.45, 7) is 0. The third kappa shape index (κ3) is 7.73. The van der Waals surface area contributed by atoms with E-state index >= 15 is 0 Å². The molecule has 0 aliphatic rings. The molecule has 6 nitrogen and oxygen atoms in total. The second kappa shape index (κ2) is 17.1. The van der Waals surface area contributed by atoms with Crippen LogP contribution in [-0.4, -0.2) is 29.5 Å². The van der Waals surface area contributed by atoms with Gasteiger partial charge in [0.25, 0.3) is 0 Å². The molecule has 0 bridgehead atoms. The predicted molar refractivity (Wildman–Crippen MR) is 273 cm³/mol. The molecular formula is C61H40N6. The highest BCUT2D eigenvalue weighted by molar-refractivity contribution is 6.09. The first-order valence-corrected chi connectivity index (χ1v) is 22.4. The van der Waals surface area contributed by atoms with Gasteiger partial charge in [0.2, 0.25) is 0 Å². The van der Waals surface area contributed by atoms with Gasteiger partial charge in [0.05, 0.1) is 45.2 Å². The Bertz CT molecular complexity index is 3570. The molecule has 0 aliphatic carbocycles. The van der Waals surface area contributed by atoms with Crippen LogP contribution in [0.2, 0.25) is 0 Å². The molecule has 0 amide bonds. The summed E-state index contributed by atoms with van der Waals surface area (Å²) in [7, 11) is 0. The van der Waals surface area contributed by atoms with E-state index in [-0.39, 0.29) is 0 Å². The van der Waals surface area contributed by atoms with Crippen LogP contribution in [-0.2, 0) is 0 Å². The first-order chi connectivity index (χ1) is 33.2. The van der Waals surface area contributed by atoms with Crippen LogP contribution in [0.25, 0.3) is 118 Å². The summed E-state index contributed by atoms with van der Waals surface area (Å²) in [5, 5.41) is 2.49.